The Morgan fingerprint density at radius 1 is 1.00 bits per heavy atom. The highest BCUT2D eigenvalue weighted by atomic mass is 16.6. The van der Waals surface area contributed by atoms with Gasteiger partial charge in [0.05, 0.1) is 31.9 Å². The highest BCUT2D eigenvalue weighted by molar-refractivity contribution is 6.46. The van der Waals surface area contributed by atoms with E-state index in [-0.39, 0.29) is 11.3 Å². The third-order valence-electron chi connectivity index (χ3n) is 6.77. The molecule has 1 amide bonds. The van der Waals surface area contributed by atoms with Crippen molar-refractivity contribution < 1.29 is 33.6 Å². The molecule has 190 valence electrons. The van der Waals surface area contributed by atoms with Crippen LogP contribution in [0.25, 0.3) is 5.76 Å². The highest BCUT2D eigenvalue weighted by Crippen LogP contribution is 2.43. The fourth-order valence-corrected chi connectivity index (χ4v) is 4.96. The van der Waals surface area contributed by atoms with Gasteiger partial charge in [-0.1, -0.05) is 18.2 Å². The van der Waals surface area contributed by atoms with Crippen LogP contribution >= 0.6 is 0 Å². The number of Topliss-reactive ketones (excluding diaryl/α,β-unsaturated/α-hetero) is 1. The van der Waals surface area contributed by atoms with Crippen molar-refractivity contribution in [1.82, 2.24) is 9.80 Å². The quantitative estimate of drug-likeness (QED) is 0.357. The molecule has 0 aliphatic carbocycles. The lowest BCUT2D eigenvalue weighted by Gasteiger charge is -2.29. The predicted molar refractivity (Wildman–Crippen MR) is 131 cm³/mol. The number of morpholine rings is 1. The van der Waals surface area contributed by atoms with Crippen LogP contribution in [-0.4, -0.2) is 86.3 Å². The summed E-state index contributed by atoms with van der Waals surface area (Å²) in [5.41, 5.74) is 1.06. The normalized spacial score (nSPS) is 21.6. The summed E-state index contributed by atoms with van der Waals surface area (Å²) in [7, 11) is 1.55. The van der Waals surface area contributed by atoms with Gasteiger partial charge in [0.25, 0.3) is 11.7 Å². The Morgan fingerprint density at radius 2 is 1.75 bits per heavy atom. The zero-order chi connectivity index (χ0) is 25.1. The Balaban J connectivity index is 1.51. The third kappa shape index (κ3) is 4.64. The molecule has 0 unspecified atom stereocenters. The summed E-state index contributed by atoms with van der Waals surface area (Å²) in [6.07, 6.45) is 0.683. The smallest absolute Gasteiger partial charge is 0.295 e. The van der Waals surface area contributed by atoms with E-state index in [1.807, 2.05) is 18.2 Å². The molecule has 0 bridgehead atoms. The number of carbonyl (C=O) groups excluding carboxylic acids is 2. The molecule has 0 radical (unpaired) electrons. The van der Waals surface area contributed by atoms with Crippen molar-refractivity contribution >= 4 is 17.4 Å². The number of ketones is 1. The number of carbonyl (C=O) groups is 2. The Morgan fingerprint density at radius 3 is 2.53 bits per heavy atom. The van der Waals surface area contributed by atoms with E-state index in [0.29, 0.717) is 67.8 Å². The molecule has 1 atom stereocenters. The number of hydrogen-bond donors (Lipinski definition) is 1. The third-order valence-corrected chi connectivity index (χ3v) is 6.77. The van der Waals surface area contributed by atoms with Crippen LogP contribution in [0.15, 0.2) is 48.0 Å². The number of aliphatic hydroxyl groups is 1. The average Bonchev–Trinajstić information content (AvgIpc) is 3.17. The molecule has 5 rings (SSSR count). The van der Waals surface area contributed by atoms with Crippen LogP contribution in [0.2, 0.25) is 0 Å². The zero-order valence-corrected chi connectivity index (χ0v) is 20.3. The number of nitrogens with zero attached hydrogens (tertiary/aromatic N) is 2. The Kier molecular flexibility index (Phi) is 7.11. The average molecular weight is 495 g/mol. The van der Waals surface area contributed by atoms with Crippen molar-refractivity contribution in [3.63, 3.8) is 0 Å². The summed E-state index contributed by atoms with van der Waals surface area (Å²) >= 11 is 0. The first kappa shape index (κ1) is 24.1. The maximum atomic E-state index is 13.3. The minimum Gasteiger partial charge on any atom is -0.507 e. The van der Waals surface area contributed by atoms with Gasteiger partial charge in [0, 0.05) is 37.3 Å². The number of fused-ring (bicyclic) bond motifs is 1. The second-order valence-corrected chi connectivity index (χ2v) is 8.90. The molecule has 0 saturated carbocycles. The molecule has 0 spiro atoms. The van der Waals surface area contributed by atoms with Crippen molar-refractivity contribution in [2.24, 2.45) is 0 Å². The Hall–Kier alpha value is -3.56. The maximum Gasteiger partial charge on any atom is 0.295 e. The molecule has 3 aliphatic rings. The minimum atomic E-state index is -0.779. The van der Waals surface area contributed by atoms with E-state index in [0.717, 1.165) is 19.6 Å². The molecule has 2 fully saturated rings. The van der Waals surface area contributed by atoms with E-state index in [2.05, 4.69) is 4.90 Å². The first-order valence-corrected chi connectivity index (χ1v) is 12.2. The molecule has 36 heavy (non-hydrogen) atoms. The van der Waals surface area contributed by atoms with Crippen molar-refractivity contribution in [3.05, 3.63) is 59.2 Å². The lowest BCUT2D eigenvalue weighted by atomic mass is 9.94. The second kappa shape index (κ2) is 10.6. The lowest BCUT2D eigenvalue weighted by molar-refractivity contribution is -0.140. The summed E-state index contributed by atoms with van der Waals surface area (Å²) < 4.78 is 22.2. The number of ether oxygens (including phenoxy) is 4. The second-order valence-electron chi connectivity index (χ2n) is 8.90. The standard InChI is InChI=1S/C27H30N2O7/c1-33-20-6-3-2-5-19(20)24-23(25(30)18-7-8-21-22(17-18)36-16-15-35-21)26(31)27(32)29(24)10-4-9-28-11-13-34-14-12-28/h2-3,5-8,17,24,30H,4,9-16H2,1H3/b25-23+/t24-/m0/s1. The Bertz CT molecular complexity index is 1170. The zero-order valence-electron chi connectivity index (χ0n) is 20.3. The van der Waals surface area contributed by atoms with Crippen LogP contribution in [0.1, 0.15) is 23.6 Å². The highest BCUT2D eigenvalue weighted by Gasteiger charge is 2.46. The monoisotopic (exact) mass is 494 g/mol. The molecular formula is C27H30N2O7. The van der Waals surface area contributed by atoms with Gasteiger partial charge in [0.15, 0.2) is 11.5 Å². The van der Waals surface area contributed by atoms with E-state index in [9.17, 15) is 14.7 Å². The van der Waals surface area contributed by atoms with Gasteiger partial charge in [0.1, 0.15) is 24.7 Å². The number of likely N-dealkylation sites (tertiary alicyclic amines) is 1. The van der Waals surface area contributed by atoms with Crippen LogP contribution < -0.4 is 14.2 Å². The topological polar surface area (TPSA) is 97.8 Å². The van der Waals surface area contributed by atoms with Crippen LogP contribution in [0.5, 0.6) is 17.2 Å². The van der Waals surface area contributed by atoms with Crippen LogP contribution in [0, 0.1) is 0 Å². The van der Waals surface area contributed by atoms with Gasteiger partial charge in [-0.15, -0.1) is 0 Å². The molecular weight excluding hydrogens is 464 g/mol. The fourth-order valence-electron chi connectivity index (χ4n) is 4.96. The van der Waals surface area contributed by atoms with Crippen LogP contribution in [0.4, 0.5) is 0 Å². The van der Waals surface area contributed by atoms with Crippen molar-refractivity contribution in [3.8, 4) is 17.2 Å². The molecule has 9 nitrogen and oxygen atoms in total. The largest absolute Gasteiger partial charge is 0.507 e. The fraction of sp³-hybridized carbons (Fsp3) is 0.407. The van der Waals surface area contributed by atoms with E-state index >= 15 is 0 Å². The summed E-state index contributed by atoms with van der Waals surface area (Å²) in [5.74, 6) is -0.00858. The molecule has 2 saturated heterocycles. The molecule has 0 aromatic heterocycles. The summed E-state index contributed by atoms with van der Waals surface area (Å²) in [6.45, 7) is 5.07. The van der Waals surface area contributed by atoms with E-state index in [1.165, 1.54) is 0 Å². The summed E-state index contributed by atoms with van der Waals surface area (Å²) in [5, 5.41) is 11.4. The first-order valence-electron chi connectivity index (χ1n) is 12.2. The Labute approximate surface area is 209 Å². The van der Waals surface area contributed by atoms with Gasteiger partial charge in [-0.3, -0.25) is 14.5 Å². The maximum absolute atomic E-state index is 13.3. The van der Waals surface area contributed by atoms with Gasteiger partial charge >= 0.3 is 0 Å². The number of amides is 1. The molecule has 3 aliphatic heterocycles. The minimum absolute atomic E-state index is 0.0348. The number of benzene rings is 2. The molecule has 2 aromatic carbocycles. The van der Waals surface area contributed by atoms with Gasteiger partial charge in [0.2, 0.25) is 0 Å². The van der Waals surface area contributed by atoms with Gasteiger partial charge in [-0.25, -0.2) is 0 Å². The van der Waals surface area contributed by atoms with Gasteiger partial charge in [-0.05, 0) is 30.7 Å². The predicted octanol–water partition coefficient (Wildman–Crippen LogP) is 2.61. The molecule has 3 heterocycles. The van der Waals surface area contributed by atoms with Gasteiger partial charge < -0.3 is 29.0 Å². The van der Waals surface area contributed by atoms with Crippen LogP contribution in [0.3, 0.4) is 0 Å². The van der Waals surface area contributed by atoms with Crippen LogP contribution in [-0.2, 0) is 14.3 Å². The number of rotatable bonds is 7. The van der Waals surface area contributed by atoms with E-state index < -0.39 is 17.7 Å². The number of para-hydroxylation sites is 1. The first-order chi connectivity index (χ1) is 17.6. The lowest BCUT2D eigenvalue weighted by Crippen LogP contribution is -2.39. The number of hydrogen-bond acceptors (Lipinski definition) is 8. The summed E-state index contributed by atoms with van der Waals surface area (Å²) in [4.78, 5) is 30.4. The summed E-state index contributed by atoms with van der Waals surface area (Å²) in [6, 6.07) is 11.5. The SMILES string of the molecule is COc1ccccc1[C@H]1/C(=C(\O)c2ccc3c(c2)OCCO3)C(=O)C(=O)N1CCCN1CCOCC1. The number of methoxy groups -OCH3 is 1. The van der Waals surface area contributed by atoms with Crippen molar-refractivity contribution in [1.29, 1.82) is 0 Å². The molecule has 9 heteroatoms. The molecule has 1 N–H and O–H groups in total. The van der Waals surface area contributed by atoms with Gasteiger partial charge in [-0.2, -0.15) is 0 Å². The van der Waals surface area contributed by atoms with E-state index in [1.54, 1.807) is 36.3 Å². The van der Waals surface area contributed by atoms with Crippen molar-refractivity contribution in [2.75, 3.05) is 59.7 Å². The van der Waals surface area contributed by atoms with E-state index in [4.69, 9.17) is 18.9 Å². The molecule has 2 aromatic rings. The number of aliphatic hydroxyl groups excluding tert-OH is 1. The van der Waals surface area contributed by atoms with Crippen molar-refractivity contribution in [2.45, 2.75) is 12.5 Å².